The fraction of sp³-hybridized carbons (Fsp3) is 0.0870. The zero-order valence-electron chi connectivity index (χ0n) is 16.5. The predicted octanol–water partition coefficient (Wildman–Crippen LogP) is 5.92. The molecule has 0 saturated heterocycles. The molecular weight excluding hydrogens is 415 g/mol. The Morgan fingerprint density at radius 3 is 2.65 bits per heavy atom. The molecule has 5 aromatic rings. The highest BCUT2D eigenvalue weighted by molar-refractivity contribution is 7.98. The first-order valence-corrected chi connectivity index (χ1v) is 10.6. The van der Waals surface area contributed by atoms with E-state index < -0.39 is 0 Å². The van der Waals surface area contributed by atoms with E-state index in [2.05, 4.69) is 15.2 Å². The van der Waals surface area contributed by atoms with E-state index in [4.69, 9.17) is 8.83 Å². The summed E-state index contributed by atoms with van der Waals surface area (Å²) in [5, 5.41) is 9.54. The molecule has 0 saturated carbocycles. The molecule has 0 aliphatic rings. The van der Waals surface area contributed by atoms with Gasteiger partial charge in [-0.2, -0.15) is 0 Å². The molecule has 2 aromatic carbocycles. The molecule has 3 heterocycles. The van der Waals surface area contributed by atoms with Crippen molar-refractivity contribution in [1.29, 1.82) is 0 Å². The number of nitrogens with zero attached hydrogens (tertiary/aromatic N) is 4. The zero-order chi connectivity index (χ0) is 21.2. The molecule has 0 N–H and O–H groups in total. The van der Waals surface area contributed by atoms with Gasteiger partial charge in [-0.05, 0) is 43.3 Å². The Hall–Kier alpha value is -3.65. The highest BCUT2D eigenvalue weighted by Gasteiger charge is 2.19. The first-order chi connectivity index (χ1) is 15.2. The van der Waals surface area contributed by atoms with Gasteiger partial charge >= 0.3 is 0 Å². The molecule has 8 heteroatoms. The molecule has 0 amide bonds. The number of thioether (sulfide) groups is 1. The molecule has 31 heavy (non-hydrogen) atoms. The highest BCUT2D eigenvalue weighted by Crippen LogP contribution is 2.32. The predicted molar refractivity (Wildman–Crippen MR) is 115 cm³/mol. The van der Waals surface area contributed by atoms with Crippen LogP contribution in [0.1, 0.15) is 11.5 Å². The Bertz CT molecular complexity index is 1330. The number of halogens is 1. The molecule has 0 bridgehead atoms. The van der Waals surface area contributed by atoms with Gasteiger partial charge in [0.05, 0.1) is 17.5 Å². The first kappa shape index (κ1) is 19.3. The van der Waals surface area contributed by atoms with Gasteiger partial charge in [0.1, 0.15) is 17.8 Å². The van der Waals surface area contributed by atoms with E-state index in [0.717, 1.165) is 27.9 Å². The first-order valence-electron chi connectivity index (χ1n) is 9.57. The van der Waals surface area contributed by atoms with Crippen molar-refractivity contribution in [1.82, 2.24) is 19.7 Å². The molecular formula is C23H17FN4O2S. The Balaban J connectivity index is 1.44. The Morgan fingerprint density at radius 2 is 1.87 bits per heavy atom. The number of aromatic nitrogens is 4. The summed E-state index contributed by atoms with van der Waals surface area (Å²) >= 11 is 1.49. The lowest BCUT2D eigenvalue weighted by atomic mass is 10.2. The number of oxazole rings is 1. The van der Waals surface area contributed by atoms with Crippen LogP contribution in [0.4, 0.5) is 4.39 Å². The highest BCUT2D eigenvalue weighted by atomic mass is 32.2. The molecule has 5 rings (SSSR count). The molecule has 154 valence electrons. The van der Waals surface area contributed by atoms with Crippen LogP contribution in [0.15, 0.2) is 87.2 Å². The van der Waals surface area contributed by atoms with E-state index in [-0.39, 0.29) is 5.82 Å². The van der Waals surface area contributed by atoms with Gasteiger partial charge in [-0.25, -0.2) is 9.37 Å². The standard InChI is InChI=1S/C23H17FN4O2S/c1-15-20(10-11-29-15)21-26-27-23(28(21)19-8-3-2-4-9-19)31-14-18-13-30-22(25-18)16-6-5-7-17(24)12-16/h2-13H,14H2,1H3. The van der Waals surface area contributed by atoms with Crippen LogP contribution in [0.2, 0.25) is 0 Å². The van der Waals surface area contributed by atoms with Crippen LogP contribution >= 0.6 is 11.8 Å². The second kappa shape index (κ2) is 8.23. The third-order valence-corrected chi connectivity index (χ3v) is 5.68. The van der Waals surface area contributed by atoms with E-state index in [9.17, 15) is 4.39 Å². The van der Waals surface area contributed by atoms with Crippen LogP contribution in [-0.4, -0.2) is 19.7 Å². The quantitative estimate of drug-likeness (QED) is 0.310. The van der Waals surface area contributed by atoms with Gasteiger partial charge in [0, 0.05) is 17.0 Å². The van der Waals surface area contributed by atoms with Crippen LogP contribution in [0.25, 0.3) is 28.5 Å². The second-order valence-electron chi connectivity index (χ2n) is 6.81. The van der Waals surface area contributed by atoms with Crippen molar-refractivity contribution in [3.63, 3.8) is 0 Å². The van der Waals surface area contributed by atoms with Gasteiger partial charge < -0.3 is 8.83 Å². The molecule has 3 aromatic heterocycles. The summed E-state index contributed by atoms with van der Waals surface area (Å²) in [7, 11) is 0. The van der Waals surface area contributed by atoms with Crippen LogP contribution < -0.4 is 0 Å². The van der Waals surface area contributed by atoms with Gasteiger partial charge in [0.25, 0.3) is 0 Å². The average Bonchev–Trinajstić information content (AvgIpc) is 3.52. The Morgan fingerprint density at radius 1 is 1.00 bits per heavy atom. The maximum absolute atomic E-state index is 13.5. The summed E-state index contributed by atoms with van der Waals surface area (Å²) in [4.78, 5) is 4.48. The maximum atomic E-state index is 13.5. The van der Waals surface area contributed by atoms with E-state index in [1.165, 1.54) is 23.9 Å². The van der Waals surface area contributed by atoms with Gasteiger partial charge in [0.15, 0.2) is 11.0 Å². The summed E-state index contributed by atoms with van der Waals surface area (Å²) in [5.74, 6) is 2.06. The number of para-hydroxylation sites is 1. The van der Waals surface area contributed by atoms with Crippen molar-refractivity contribution >= 4 is 11.8 Å². The average molecular weight is 432 g/mol. The smallest absolute Gasteiger partial charge is 0.226 e. The molecule has 0 aliphatic carbocycles. The monoisotopic (exact) mass is 432 g/mol. The summed E-state index contributed by atoms with van der Waals surface area (Å²) in [5.41, 5.74) is 3.17. The third-order valence-electron chi connectivity index (χ3n) is 4.72. The van der Waals surface area contributed by atoms with Crippen molar-refractivity contribution in [2.75, 3.05) is 0 Å². The minimum absolute atomic E-state index is 0.329. The van der Waals surface area contributed by atoms with Crippen molar-refractivity contribution in [2.45, 2.75) is 17.8 Å². The van der Waals surface area contributed by atoms with Gasteiger partial charge in [-0.15, -0.1) is 10.2 Å². The molecule has 0 radical (unpaired) electrons. The van der Waals surface area contributed by atoms with Gasteiger partial charge in [-0.1, -0.05) is 36.0 Å². The number of hydrogen-bond donors (Lipinski definition) is 0. The summed E-state index contributed by atoms with van der Waals surface area (Å²) in [6, 6.07) is 18.0. The number of benzene rings is 2. The molecule has 0 unspecified atom stereocenters. The summed E-state index contributed by atoms with van der Waals surface area (Å²) in [6.45, 7) is 1.90. The molecule has 6 nitrogen and oxygen atoms in total. The van der Waals surface area contributed by atoms with Crippen molar-refractivity contribution < 1.29 is 13.2 Å². The Labute approximate surface area is 181 Å². The lowest BCUT2D eigenvalue weighted by molar-refractivity contribution is 0.535. The number of furan rings is 1. The van der Waals surface area contributed by atoms with Crippen LogP contribution in [0.3, 0.4) is 0 Å². The van der Waals surface area contributed by atoms with E-state index in [1.54, 1.807) is 24.7 Å². The van der Waals surface area contributed by atoms with Crippen molar-refractivity contribution in [3.05, 3.63) is 90.5 Å². The minimum atomic E-state index is -0.329. The largest absolute Gasteiger partial charge is 0.469 e. The van der Waals surface area contributed by atoms with Crippen molar-refractivity contribution in [3.8, 4) is 28.5 Å². The van der Waals surface area contributed by atoms with Gasteiger partial charge in [-0.3, -0.25) is 4.57 Å². The molecule has 0 spiro atoms. The van der Waals surface area contributed by atoms with Crippen molar-refractivity contribution in [2.24, 2.45) is 0 Å². The summed E-state index contributed by atoms with van der Waals surface area (Å²) < 4.78 is 26.5. The van der Waals surface area contributed by atoms with E-state index in [1.807, 2.05) is 47.9 Å². The lowest BCUT2D eigenvalue weighted by Crippen LogP contribution is -1.99. The van der Waals surface area contributed by atoms with Gasteiger partial charge in [0.2, 0.25) is 5.89 Å². The van der Waals surface area contributed by atoms with Crippen LogP contribution in [0, 0.1) is 12.7 Å². The minimum Gasteiger partial charge on any atom is -0.469 e. The summed E-state index contributed by atoms with van der Waals surface area (Å²) in [6.07, 6.45) is 3.22. The van der Waals surface area contributed by atoms with E-state index in [0.29, 0.717) is 23.0 Å². The third kappa shape index (κ3) is 3.89. The maximum Gasteiger partial charge on any atom is 0.226 e. The normalized spacial score (nSPS) is 11.2. The Kier molecular flexibility index (Phi) is 5.13. The number of rotatable bonds is 6. The second-order valence-corrected chi connectivity index (χ2v) is 7.75. The fourth-order valence-electron chi connectivity index (χ4n) is 3.23. The molecule has 0 fully saturated rings. The zero-order valence-corrected chi connectivity index (χ0v) is 17.3. The SMILES string of the molecule is Cc1occc1-c1nnc(SCc2coc(-c3cccc(F)c3)n2)n1-c1ccccc1. The van der Waals surface area contributed by atoms with Crippen LogP contribution in [-0.2, 0) is 5.75 Å². The molecule has 0 atom stereocenters. The van der Waals surface area contributed by atoms with E-state index >= 15 is 0 Å². The topological polar surface area (TPSA) is 69.9 Å². The fourth-order valence-corrected chi connectivity index (χ4v) is 4.06. The number of aryl methyl sites for hydroxylation is 1. The number of hydrogen-bond acceptors (Lipinski definition) is 6. The van der Waals surface area contributed by atoms with Crippen LogP contribution in [0.5, 0.6) is 0 Å². The lowest BCUT2D eigenvalue weighted by Gasteiger charge is -2.09. The molecule has 0 aliphatic heterocycles.